The van der Waals surface area contributed by atoms with Crippen molar-refractivity contribution in [2.24, 2.45) is 14.1 Å². The third-order valence-corrected chi connectivity index (χ3v) is 5.23. The van der Waals surface area contributed by atoms with Gasteiger partial charge in [0.05, 0.1) is 5.56 Å². The van der Waals surface area contributed by atoms with Crippen LogP contribution in [-0.4, -0.2) is 45.1 Å². The van der Waals surface area contributed by atoms with Crippen molar-refractivity contribution >= 4 is 18.0 Å². The number of benzene rings is 1. The van der Waals surface area contributed by atoms with Gasteiger partial charge in [0.2, 0.25) is 6.29 Å². The van der Waals surface area contributed by atoms with Crippen LogP contribution in [0.5, 0.6) is 0 Å². The SMILES string of the molecule is CC(=O)OC(C)OC(=O)[C@H](Cc1ccc(-c2c(C)n(C)c(=O)n(C)c2=O)cc1)NC(=O)OC(C)(C)C. The molecule has 0 aliphatic carbocycles. The normalized spacial score (nSPS) is 12.9. The first-order valence-corrected chi connectivity index (χ1v) is 11.3. The van der Waals surface area contributed by atoms with E-state index in [1.807, 2.05) is 0 Å². The fraction of sp³-hybridized carbons (Fsp3) is 0.480. The first-order chi connectivity index (χ1) is 16.6. The Hall–Kier alpha value is -3.89. The molecule has 1 N–H and O–H groups in total. The second-order valence-electron chi connectivity index (χ2n) is 9.38. The standard InChI is InChI=1S/C25H33N3O8/c1-14-20(21(30)28(8)24(33)27(14)7)18-11-9-17(10-12-18)13-19(26-23(32)36-25(4,5)6)22(31)35-16(3)34-15(2)29/h9-12,16,19H,13H2,1-8H3,(H,26,32)/t16?,19-/m0/s1. The minimum Gasteiger partial charge on any atom is -0.444 e. The van der Waals surface area contributed by atoms with Crippen LogP contribution in [0.25, 0.3) is 11.1 Å². The van der Waals surface area contributed by atoms with E-state index in [2.05, 4.69) is 5.32 Å². The molecule has 1 heterocycles. The number of rotatable bonds is 7. The van der Waals surface area contributed by atoms with Crippen molar-refractivity contribution < 1.29 is 28.6 Å². The van der Waals surface area contributed by atoms with Crippen LogP contribution in [0, 0.1) is 6.92 Å². The predicted octanol–water partition coefficient (Wildman–Crippen LogP) is 1.95. The molecule has 0 spiro atoms. The molecule has 0 saturated carbocycles. The van der Waals surface area contributed by atoms with Gasteiger partial charge in [-0.3, -0.25) is 14.2 Å². The van der Waals surface area contributed by atoms with Crippen molar-refractivity contribution in [3.8, 4) is 11.1 Å². The van der Waals surface area contributed by atoms with Crippen molar-refractivity contribution in [1.29, 1.82) is 0 Å². The van der Waals surface area contributed by atoms with E-state index in [1.54, 1.807) is 59.0 Å². The number of hydrogen-bond acceptors (Lipinski definition) is 8. The summed E-state index contributed by atoms with van der Waals surface area (Å²) in [5.74, 6) is -1.44. The Balaban J connectivity index is 2.32. The van der Waals surface area contributed by atoms with Gasteiger partial charge in [-0.05, 0) is 38.8 Å². The van der Waals surface area contributed by atoms with Gasteiger partial charge in [-0.25, -0.2) is 14.4 Å². The Morgan fingerprint density at radius 2 is 1.58 bits per heavy atom. The summed E-state index contributed by atoms with van der Waals surface area (Å²) in [5.41, 5.74) is 0.510. The zero-order valence-corrected chi connectivity index (χ0v) is 21.8. The highest BCUT2D eigenvalue weighted by molar-refractivity contribution is 5.82. The molecule has 1 aromatic heterocycles. The Labute approximate surface area is 209 Å². The molecule has 0 aliphatic heterocycles. The molecule has 0 bridgehead atoms. The number of esters is 2. The lowest BCUT2D eigenvalue weighted by Crippen LogP contribution is -2.46. The van der Waals surface area contributed by atoms with Crippen LogP contribution in [0.1, 0.15) is 45.9 Å². The lowest BCUT2D eigenvalue weighted by molar-refractivity contribution is -0.184. The summed E-state index contributed by atoms with van der Waals surface area (Å²) in [5, 5.41) is 2.50. The molecule has 2 rings (SSSR count). The van der Waals surface area contributed by atoms with E-state index in [9.17, 15) is 24.0 Å². The van der Waals surface area contributed by atoms with Gasteiger partial charge in [0.15, 0.2) is 0 Å². The monoisotopic (exact) mass is 503 g/mol. The number of hydrogen-bond donors (Lipinski definition) is 1. The second kappa shape index (κ2) is 11.2. The Morgan fingerprint density at radius 3 is 2.11 bits per heavy atom. The van der Waals surface area contributed by atoms with E-state index >= 15 is 0 Å². The maximum absolute atomic E-state index is 12.8. The molecule has 2 aromatic rings. The molecule has 1 amide bonds. The quantitative estimate of drug-likeness (QED) is 0.447. The summed E-state index contributed by atoms with van der Waals surface area (Å²) in [6.45, 7) is 9.32. The Morgan fingerprint density at radius 1 is 1.00 bits per heavy atom. The van der Waals surface area contributed by atoms with Crippen molar-refractivity contribution in [3.63, 3.8) is 0 Å². The highest BCUT2D eigenvalue weighted by Gasteiger charge is 2.28. The highest BCUT2D eigenvalue weighted by atomic mass is 16.7. The highest BCUT2D eigenvalue weighted by Crippen LogP contribution is 2.20. The fourth-order valence-electron chi connectivity index (χ4n) is 3.47. The van der Waals surface area contributed by atoms with Gasteiger partial charge >= 0.3 is 23.7 Å². The van der Waals surface area contributed by atoms with E-state index in [-0.39, 0.29) is 6.42 Å². The molecule has 196 valence electrons. The van der Waals surface area contributed by atoms with Gasteiger partial charge in [0.25, 0.3) is 5.56 Å². The number of carbonyl (C=O) groups excluding carboxylic acids is 3. The zero-order chi connectivity index (χ0) is 27.4. The molecular formula is C25H33N3O8. The molecule has 1 unspecified atom stereocenters. The first-order valence-electron chi connectivity index (χ1n) is 11.3. The molecule has 2 atom stereocenters. The summed E-state index contributed by atoms with van der Waals surface area (Å²) in [6, 6.07) is 5.65. The zero-order valence-electron chi connectivity index (χ0n) is 21.8. The Kier molecular flexibility index (Phi) is 8.84. The van der Waals surface area contributed by atoms with Gasteiger partial charge < -0.3 is 24.1 Å². The first kappa shape index (κ1) is 28.3. The number of ether oxygens (including phenoxy) is 3. The fourth-order valence-corrected chi connectivity index (χ4v) is 3.47. The number of aromatic nitrogens is 2. The van der Waals surface area contributed by atoms with Gasteiger partial charge in [0.1, 0.15) is 11.6 Å². The summed E-state index contributed by atoms with van der Waals surface area (Å²) in [6.07, 6.45) is -1.93. The second-order valence-corrected chi connectivity index (χ2v) is 9.38. The summed E-state index contributed by atoms with van der Waals surface area (Å²) < 4.78 is 17.7. The largest absolute Gasteiger partial charge is 0.444 e. The molecule has 11 heteroatoms. The molecule has 0 radical (unpaired) electrons. The summed E-state index contributed by atoms with van der Waals surface area (Å²) >= 11 is 0. The molecule has 0 aliphatic rings. The smallest absolute Gasteiger partial charge is 0.408 e. The topological polar surface area (TPSA) is 135 Å². The van der Waals surface area contributed by atoms with Gasteiger partial charge in [-0.1, -0.05) is 24.3 Å². The van der Waals surface area contributed by atoms with E-state index in [0.717, 1.165) is 4.57 Å². The van der Waals surface area contributed by atoms with Gasteiger partial charge in [-0.2, -0.15) is 0 Å². The number of carbonyl (C=O) groups is 3. The molecule has 0 saturated heterocycles. The van der Waals surface area contributed by atoms with Crippen molar-refractivity contribution in [2.45, 2.75) is 65.9 Å². The number of nitrogens with zero attached hydrogens (tertiary/aromatic N) is 2. The van der Waals surface area contributed by atoms with Gasteiger partial charge in [-0.15, -0.1) is 0 Å². The lowest BCUT2D eigenvalue weighted by atomic mass is 10.0. The molecule has 36 heavy (non-hydrogen) atoms. The van der Waals surface area contributed by atoms with E-state index in [1.165, 1.54) is 25.5 Å². The molecule has 11 nitrogen and oxygen atoms in total. The van der Waals surface area contributed by atoms with Crippen LogP contribution in [0.15, 0.2) is 33.9 Å². The Bertz CT molecular complexity index is 1250. The van der Waals surface area contributed by atoms with Crippen LogP contribution in [0.3, 0.4) is 0 Å². The number of alkyl carbamates (subject to hydrolysis) is 1. The van der Waals surface area contributed by atoms with Gasteiger partial charge in [0, 0.05) is 40.1 Å². The average molecular weight is 504 g/mol. The third kappa shape index (κ3) is 7.30. The molecule has 0 fully saturated rings. The van der Waals surface area contributed by atoms with Crippen LogP contribution < -0.4 is 16.6 Å². The summed E-state index contributed by atoms with van der Waals surface area (Å²) in [7, 11) is 3.00. The summed E-state index contributed by atoms with van der Waals surface area (Å²) in [4.78, 5) is 61.1. The van der Waals surface area contributed by atoms with Crippen LogP contribution in [0.2, 0.25) is 0 Å². The minimum absolute atomic E-state index is 0.0371. The van der Waals surface area contributed by atoms with E-state index in [4.69, 9.17) is 14.2 Å². The van der Waals surface area contributed by atoms with Crippen molar-refractivity contribution in [3.05, 3.63) is 56.4 Å². The predicted molar refractivity (Wildman–Crippen MR) is 131 cm³/mol. The van der Waals surface area contributed by atoms with Crippen molar-refractivity contribution in [2.75, 3.05) is 0 Å². The number of nitrogens with one attached hydrogen (secondary N) is 1. The maximum atomic E-state index is 12.8. The van der Waals surface area contributed by atoms with Crippen LogP contribution in [-0.2, 0) is 44.3 Å². The van der Waals surface area contributed by atoms with E-state index in [0.29, 0.717) is 22.4 Å². The average Bonchev–Trinajstić information content (AvgIpc) is 2.75. The number of amides is 1. The van der Waals surface area contributed by atoms with E-state index < -0.39 is 47.2 Å². The van der Waals surface area contributed by atoms with Crippen molar-refractivity contribution in [1.82, 2.24) is 14.5 Å². The van der Waals surface area contributed by atoms with Crippen LogP contribution in [0.4, 0.5) is 4.79 Å². The third-order valence-electron chi connectivity index (χ3n) is 5.23. The lowest BCUT2D eigenvalue weighted by Gasteiger charge is -2.24. The van der Waals surface area contributed by atoms with Crippen LogP contribution >= 0.6 is 0 Å². The molecule has 1 aromatic carbocycles. The maximum Gasteiger partial charge on any atom is 0.408 e. The minimum atomic E-state index is -1.15. The molecular weight excluding hydrogens is 470 g/mol.